The second-order valence-corrected chi connectivity index (χ2v) is 6.05. The molecule has 1 N–H and O–H groups in total. The Bertz CT molecular complexity index is 658. The van der Waals surface area contributed by atoms with Gasteiger partial charge in [-0.3, -0.25) is 9.69 Å². The fourth-order valence-electron chi connectivity index (χ4n) is 2.73. The van der Waals surface area contributed by atoms with Crippen molar-refractivity contribution in [2.45, 2.75) is 19.9 Å². The van der Waals surface area contributed by atoms with E-state index in [0.29, 0.717) is 6.54 Å². The van der Waals surface area contributed by atoms with E-state index in [1.807, 2.05) is 65.5 Å². The van der Waals surface area contributed by atoms with E-state index in [1.165, 1.54) is 11.3 Å². The van der Waals surface area contributed by atoms with Crippen LogP contribution in [0, 0.1) is 13.8 Å². The zero-order chi connectivity index (χ0) is 16.3. The summed E-state index contributed by atoms with van der Waals surface area (Å²) in [5, 5.41) is 3.06. The number of nitrogens with zero attached hydrogens (tertiary/aromatic N) is 2. The number of aromatic nitrogens is 1. The largest absolute Gasteiger partial charge is 0.353 e. The van der Waals surface area contributed by atoms with Crippen LogP contribution in [-0.2, 0) is 7.05 Å². The van der Waals surface area contributed by atoms with Gasteiger partial charge in [-0.2, -0.15) is 0 Å². The molecule has 1 aromatic carbocycles. The lowest BCUT2D eigenvalue weighted by Crippen LogP contribution is -2.35. The summed E-state index contributed by atoms with van der Waals surface area (Å²) in [5.41, 5.74) is 4.11. The third kappa shape index (κ3) is 3.57. The average Bonchev–Trinajstić information content (AvgIpc) is 2.84. The van der Waals surface area contributed by atoms with E-state index in [9.17, 15) is 4.79 Å². The van der Waals surface area contributed by atoms with E-state index in [-0.39, 0.29) is 11.9 Å². The van der Waals surface area contributed by atoms with Crippen molar-refractivity contribution in [3.63, 3.8) is 0 Å². The highest BCUT2D eigenvalue weighted by atomic mass is 16.1. The van der Waals surface area contributed by atoms with E-state index in [0.717, 1.165) is 11.1 Å². The van der Waals surface area contributed by atoms with Crippen molar-refractivity contribution in [2.24, 2.45) is 7.05 Å². The Labute approximate surface area is 132 Å². The smallest absolute Gasteiger partial charge is 0.251 e. The highest BCUT2D eigenvalue weighted by molar-refractivity contribution is 5.95. The Balaban J connectivity index is 2.10. The van der Waals surface area contributed by atoms with Gasteiger partial charge in [-0.1, -0.05) is 17.7 Å². The number of hydrogen-bond donors (Lipinski definition) is 1. The predicted octanol–water partition coefficient (Wildman–Crippen LogP) is 2.67. The van der Waals surface area contributed by atoms with Crippen molar-refractivity contribution in [1.29, 1.82) is 0 Å². The molecular formula is C18H25N3O. The number of carbonyl (C=O) groups excluding carboxylic acids is 1. The second-order valence-electron chi connectivity index (χ2n) is 6.05. The summed E-state index contributed by atoms with van der Waals surface area (Å²) in [6, 6.07) is 10.2. The minimum atomic E-state index is -0.0152. The highest BCUT2D eigenvalue weighted by Crippen LogP contribution is 2.18. The molecule has 1 atom stereocenters. The molecule has 1 aromatic heterocycles. The molecule has 1 unspecified atom stereocenters. The summed E-state index contributed by atoms with van der Waals surface area (Å²) in [6.07, 6.45) is 2.03. The lowest BCUT2D eigenvalue weighted by atomic mass is 10.0. The van der Waals surface area contributed by atoms with E-state index >= 15 is 0 Å². The van der Waals surface area contributed by atoms with Crippen LogP contribution in [0.2, 0.25) is 0 Å². The lowest BCUT2D eigenvalue weighted by molar-refractivity contribution is 0.0940. The van der Waals surface area contributed by atoms with Crippen LogP contribution in [0.25, 0.3) is 0 Å². The number of amides is 1. The zero-order valence-electron chi connectivity index (χ0n) is 14.1. The first-order valence-electron chi connectivity index (χ1n) is 7.53. The van der Waals surface area contributed by atoms with Gasteiger partial charge in [-0.15, -0.1) is 0 Å². The molecule has 4 heteroatoms. The van der Waals surface area contributed by atoms with Gasteiger partial charge in [0.25, 0.3) is 5.91 Å². The van der Waals surface area contributed by atoms with Gasteiger partial charge in [0, 0.05) is 31.0 Å². The Morgan fingerprint density at radius 1 is 1.27 bits per heavy atom. The second kappa shape index (κ2) is 6.79. The number of rotatable bonds is 5. The Kier molecular flexibility index (Phi) is 5.03. The van der Waals surface area contributed by atoms with Gasteiger partial charge in [0.05, 0.1) is 6.04 Å². The Morgan fingerprint density at radius 2 is 2.00 bits per heavy atom. The number of benzene rings is 1. The Morgan fingerprint density at radius 3 is 2.55 bits per heavy atom. The minimum Gasteiger partial charge on any atom is -0.353 e. The molecule has 22 heavy (non-hydrogen) atoms. The van der Waals surface area contributed by atoms with E-state index < -0.39 is 0 Å². The molecule has 118 valence electrons. The molecule has 0 saturated heterocycles. The van der Waals surface area contributed by atoms with Gasteiger partial charge in [0.1, 0.15) is 0 Å². The van der Waals surface area contributed by atoms with Crippen LogP contribution in [0.4, 0.5) is 0 Å². The number of nitrogens with one attached hydrogen (secondary N) is 1. The minimum absolute atomic E-state index is 0.0152. The molecule has 0 aliphatic rings. The summed E-state index contributed by atoms with van der Waals surface area (Å²) in [4.78, 5) is 14.5. The molecule has 0 spiro atoms. The first-order valence-corrected chi connectivity index (χ1v) is 7.53. The van der Waals surface area contributed by atoms with Crippen LogP contribution in [0.15, 0.2) is 36.5 Å². The first-order chi connectivity index (χ1) is 10.4. The average molecular weight is 299 g/mol. The normalized spacial score (nSPS) is 12.5. The maximum atomic E-state index is 12.4. The van der Waals surface area contributed by atoms with E-state index in [2.05, 4.69) is 20.9 Å². The van der Waals surface area contributed by atoms with Crippen molar-refractivity contribution in [3.05, 3.63) is 58.9 Å². The molecule has 4 nitrogen and oxygen atoms in total. The molecule has 0 aliphatic carbocycles. The lowest BCUT2D eigenvalue weighted by Gasteiger charge is -2.25. The summed E-state index contributed by atoms with van der Waals surface area (Å²) in [6.45, 7) is 4.59. The number of aryl methyl sites for hydroxylation is 3. The number of hydrogen-bond acceptors (Lipinski definition) is 2. The van der Waals surface area contributed by atoms with Crippen molar-refractivity contribution in [2.75, 3.05) is 20.6 Å². The molecule has 0 fully saturated rings. The maximum Gasteiger partial charge on any atom is 0.251 e. The fraction of sp³-hybridized carbons (Fsp3) is 0.389. The molecule has 1 heterocycles. The molecule has 2 rings (SSSR count). The third-order valence-electron chi connectivity index (χ3n) is 4.03. The van der Waals surface area contributed by atoms with Crippen LogP contribution < -0.4 is 5.32 Å². The first kappa shape index (κ1) is 16.3. The third-order valence-corrected chi connectivity index (χ3v) is 4.03. The topological polar surface area (TPSA) is 37.3 Å². The van der Waals surface area contributed by atoms with Gasteiger partial charge in [-0.25, -0.2) is 0 Å². The monoisotopic (exact) mass is 299 g/mol. The van der Waals surface area contributed by atoms with Crippen LogP contribution in [0.5, 0.6) is 0 Å². The van der Waals surface area contributed by atoms with Crippen LogP contribution in [0.3, 0.4) is 0 Å². The van der Waals surface area contributed by atoms with Crippen molar-refractivity contribution >= 4 is 5.91 Å². The number of likely N-dealkylation sites (N-methyl/N-ethyl adjacent to an activating group) is 1. The summed E-state index contributed by atoms with van der Waals surface area (Å²) in [7, 11) is 6.08. The quantitative estimate of drug-likeness (QED) is 0.921. The van der Waals surface area contributed by atoms with Crippen molar-refractivity contribution in [1.82, 2.24) is 14.8 Å². The molecule has 0 bridgehead atoms. The van der Waals surface area contributed by atoms with E-state index in [4.69, 9.17) is 0 Å². The van der Waals surface area contributed by atoms with Crippen molar-refractivity contribution < 1.29 is 4.79 Å². The summed E-state index contributed by atoms with van der Waals surface area (Å²) in [5.74, 6) is -0.0152. The SMILES string of the molecule is Cc1ccc(C(=O)NCC(c2cccn2C)N(C)C)c(C)c1. The molecule has 0 aliphatic heterocycles. The van der Waals surface area contributed by atoms with E-state index in [1.54, 1.807) is 0 Å². The molecule has 2 aromatic rings. The maximum absolute atomic E-state index is 12.4. The van der Waals surface area contributed by atoms with Gasteiger partial charge in [0.2, 0.25) is 0 Å². The van der Waals surface area contributed by atoms with Gasteiger partial charge in [-0.05, 0) is 51.7 Å². The molecule has 0 radical (unpaired) electrons. The Hall–Kier alpha value is -2.07. The van der Waals surface area contributed by atoms with Gasteiger partial charge >= 0.3 is 0 Å². The van der Waals surface area contributed by atoms with Gasteiger partial charge < -0.3 is 9.88 Å². The summed E-state index contributed by atoms with van der Waals surface area (Å²) >= 11 is 0. The summed E-state index contributed by atoms with van der Waals surface area (Å²) < 4.78 is 2.09. The highest BCUT2D eigenvalue weighted by Gasteiger charge is 2.18. The zero-order valence-corrected chi connectivity index (χ0v) is 14.1. The molecule has 0 saturated carbocycles. The predicted molar refractivity (Wildman–Crippen MR) is 90.1 cm³/mol. The standard InChI is InChI=1S/C18H25N3O/c1-13-8-9-15(14(2)11-13)18(22)19-12-17(20(3)4)16-7-6-10-21(16)5/h6-11,17H,12H2,1-5H3,(H,19,22). The molecule has 1 amide bonds. The van der Waals surface area contributed by atoms with Crippen LogP contribution in [0.1, 0.15) is 33.2 Å². The molecular weight excluding hydrogens is 274 g/mol. The van der Waals surface area contributed by atoms with Crippen LogP contribution >= 0.6 is 0 Å². The van der Waals surface area contributed by atoms with Crippen LogP contribution in [-0.4, -0.2) is 36.0 Å². The van der Waals surface area contributed by atoms with Gasteiger partial charge in [0.15, 0.2) is 0 Å². The number of carbonyl (C=O) groups is 1. The van der Waals surface area contributed by atoms with Crippen molar-refractivity contribution in [3.8, 4) is 0 Å². The fourth-order valence-corrected chi connectivity index (χ4v) is 2.73.